The van der Waals surface area contributed by atoms with Gasteiger partial charge in [0.05, 0.1) is 11.6 Å². The minimum absolute atomic E-state index is 0.0153. The Morgan fingerprint density at radius 1 is 1.29 bits per heavy atom. The molecule has 0 saturated heterocycles. The molecule has 2 aromatic heterocycles. The fourth-order valence-corrected chi connectivity index (χ4v) is 1.22. The van der Waals surface area contributed by atoms with Gasteiger partial charge in [0.2, 0.25) is 0 Å². The van der Waals surface area contributed by atoms with Gasteiger partial charge < -0.3 is 5.32 Å². The highest BCUT2D eigenvalue weighted by molar-refractivity contribution is 5.85. The van der Waals surface area contributed by atoms with Crippen molar-refractivity contribution in [3.63, 3.8) is 0 Å². The molecule has 0 unspecified atom stereocenters. The van der Waals surface area contributed by atoms with Crippen LogP contribution >= 0.6 is 0 Å². The predicted octanol–water partition coefficient (Wildman–Crippen LogP) is 1.56. The number of fused-ring (bicyclic) bond motifs is 1. The Morgan fingerprint density at radius 3 is 2.79 bits per heavy atom. The summed E-state index contributed by atoms with van der Waals surface area (Å²) in [6, 6.07) is 0. The normalized spacial score (nSPS) is 11.9. The van der Waals surface area contributed by atoms with Gasteiger partial charge >= 0.3 is 0 Å². The molecule has 0 spiro atoms. The summed E-state index contributed by atoms with van der Waals surface area (Å²) in [6.07, 6.45) is 3.25. The molecule has 0 aromatic carbocycles. The summed E-state index contributed by atoms with van der Waals surface area (Å²) in [5, 5.41) is 10.9. The average Bonchev–Trinajstić information content (AvgIpc) is 2.49. The molecular formula is C9H13N5. The maximum Gasteiger partial charge on any atom is 0.160 e. The molecule has 0 atom stereocenters. The van der Waals surface area contributed by atoms with E-state index in [2.05, 4.69) is 46.3 Å². The van der Waals surface area contributed by atoms with Gasteiger partial charge in [-0.3, -0.25) is 5.10 Å². The van der Waals surface area contributed by atoms with E-state index in [9.17, 15) is 0 Å². The SMILES string of the molecule is CC(C)(C)Nc1ncnc2[nH]ncc12. The minimum atomic E-state index is -0.0153. The smallest absolute Gasteiger partial charge is 0.160 e. The van der Waals surface area contributed by atoms with Crippen LogP contribution in [0.5, 0.6) is 0 Å². The van der Waals surface area contributed by atoms with Crippen LogP contribution in [0.15, 0.2) is 12.5 Å². The van der Waals surface area contributed by atoms with Crippen molar-refractivity contribution in [2.75, 3.05) is 5.32 Å². The van der Waals surface area contributed by atoms with Crippen LogP contribution in [0.3, 0.4) is 0 Å². The van der Waals surface area contributed by atoms with Gasteiger partial charge in [-0.2, -0.15) is 5.10 Å². The van der Waals surface area contributed by atoms with E-state index in [4.69, 9.17) is 0 Å². The van der Waals surface area contributed by atoms with Crippen molar-refractivity contribution in [2.45, 2.75) is 26.3 Å². The van der Waals surface area contributed by atoms with E-state index in [0.717, 1.165) is 16.9 Å². The molecule has 0 aliphatic heterocycles. The third kappa shape index (κ3) is 1.66. The maximum atomic E-state index is 4.18. The zero-order valence-electron chi connectivity index (χ0n) is 8.50. The Kier molecular flexibility index (Phi) is 1.87. The first kappa shape index (κ1) is 8.93. The quantitative estimate of drug-likeness (QED) is 0.718. The molecule has 74 valence electrons. The van der Waals surface area contributed by atoms with Gasteiger partial charge in [0, 0.05) is 5.54 Å². The van der Waals surface area contributed by atoms with Crippen LogP contribution in [0, 0.1) is 0 Å². The van der Waals surface area contributed by atoms with Crippen LogP contribution in [0.25, 0.3) is 11.0 Å². The molecule has 0 fully saturated rings. The number of aromatic amines is 1. The zero-order chi connectivity index (χ0) is 10.2. The second-order valence-corrected chi connectivity index (χ2v) is 4.23. The lowest BCUT2D eigenvalue weighted by Gasteiger charge is -2.21. The zero-order valence-corrected chi connectivity index (χ0v) is 8.50. The van der Waals surface area contributed by atoms with Crippen molar-refractivity contribution in [1.29, 1.82) is 0 Å². The maximum absolute atomic E-state index is 4.18. The van der Waals surface area contributed by atoms with Gasteiger partial charge in [-0.15, -0.1) is 0 Å². The van der Waals surface area contributed by atoms with Crippen LogP contribution in [0.2, 0.25) is 0 Å². The Morgan fingerprint density at radius 2 is 2.07 bits per heavy atom. The van der Waals surface area contributed by atoms with Crippen molar-refractivity contribution in [3.8, 4) is 0 Å². The number of hydrogen-bond acceptors (Lipinski definition) is 4. The number of anilines is 1. The molecule has 0 radical (unpaired) electrons. The van der Waals surface area contributed by atoms with E-state index < -0.39 is 0 Å². The van der Waals surface area contributed by atoms with Gasteiger partial charge in [0.15, 0.2) is 5.65 Å². The molecule has 2 rings (SSSR count). The summed E-state index contributed by atoms with van der Waals surface area (Å²) >= 11 is 0. The molecule has 5 nitrogen and oxygen atoms in total. The molecule has 2 N–H and O–H groups in total. The first-order chi connectivity index (χ1) is 6.56. The molecule has 2 aromatic rings. The van der Waals surface area contributed by atoms with Gasteiger partial charge in [0.1, 0.15) is 12.1 Å². The molecule has 0 bridgehead atoms. The van der Waals surface area contributed by atoms with Crippen LogP contribution in [0.1, 0.15) is 20.8 Å². The summed E-state index contributed by atoms with van der Waals surface area (Å²) in [5.41, 5.74) is 0.741. The van der Waals surface area contributed by atoms with E-state index in [-0.39, 0.29) is 5.54 Å². The number of nitrogens with one attached hydrogen (secondary N) is 2. The highest BCUT2D eigenvalue weighted by Gasteiger charge is 2.13. The molecule has 2 heterocycles. The van der Waals surface area contributed by atoms with Gasteiger partial charge in [-0.25, -0.2) is 9.97 Å². The monoisotopic (exact) mass is 191 g/mol. The molecule has 0 saturated carbocycles. The Bertz CT molecular complexity index is 440. The van der Waals surface area contributed by atoms with Gasteiger partial charge in [0.25, 0.3) is 0 Å². The number of hydrogen-bond donors (Lipinski definition) is 2. The number of rotatable bonds is 1. The highest BCUT2D eigenvalue weighted by atomic mass is 15.2. The Hall–Kier alpha value is -1.65. The van der Waals surface area contributed by atoms with E-state index in [1.165, 1.54) is 6.33 Å². The first-order valence-electron chi connectivity index (χ1n) is 4.48. The average molecular weight is 191 g/mol. The van der Waals surface area contributed by atoms with Crippen LogP contribution in [-0.2, 0) is 0 Å². The molecular weight excluding hydrogens is 178 g/mol. The summed E-state index contributed by atoms with van der Waals surface area (Å²) in [5.74, 6) is 0.816. The molecule has 0 aliphatic carbocycles. The second-order valence-electron chi connectivity index (χ2n) is 4.23. The van der Waals surface area contributed by atoms with E-state index in [1.54, 1.807) is 6.20 Å². The standard InChI is InChI=1S/C9H13N5/c1-9(2,3)13-7-6-4-12-14-8(6)11-5-10-7/h4-5H,1-3H3,(H2,10,11,12,13,14). The van der Waals surface area contributed by atoms with Crippen molar-refractivity contribution in [2.24, 2.45) is 0 Å². The summed E-state index contributed by atoms with van der Waals surface area (Å²) in [4.78, 5) is 8.24. The third-order valence-electron chi connectivity index (χ3n) is 1.74. The van der Waals surface area contributed by atoms with Crippen molar-refractivity contribution >= 4 is 16.9 Å². The van der Waals surface area contributed by atoms with E-state index in [0.29, 0.717) is 0 Å². The number of nitrogens with zero attached hydrogens (tertiary/aromatic N) is 3. The summed E-state index contributed by atoms with van der Waals surface area (Å²) in [7, 11) is 0. The number of aromatic nitrogens is 4. The third-order valence-corrected chi connectivity index (χ3v) is 1.74. The fourth-order valence-electron chi connectivity index (χ4n) is 1.22. The lowest BCUT2D eigenvalue weighted by molar-refractivity contribution is 0.631. The predicted molar refractivity (Wildman–Crippen MR) is 55.1 cm³/mol. The minimum Gasteiger partial charge on any atom is -0.365 e. The lowest BCUT2D eigenvalue weighted by atomic mass is 10.1. The van der Waals surface area contributed by atoms with Crippen molar-refractivity contribution in [1.82, 2.24) is 20.2 Å². The lowest BCUT2D eigenvalue weighted by Crippen LogP contribution is -2.26. The van der Waals surface area contributed by atoms with Crippen molar-refractivity contribution in [3.05, 3.63) is 12.5 Å². The molecule has 5 heteroatoms. The van der Waals surface area contributed by atoms with Gasteiger partial charge in [-0.05, 0) is 20.8 Å². The van der Waals surface area contributed by atoms with Gasteiger partial charge in [-0.1, -0.05) is 0 Å². The molecule has 0 aliphatic rings. The van der Waals surface area contributed by atoms with E-state index >= 15 is 0 Å². The topological polar surface area (TPSA) is 66.5 Å². The van der Waals surface area contributed by atoms with Crippen LogP contribution in [0.4, 0.5) is 5.82 Å². The highest BCUT2D eigenvalue weighted by Crippen LogP contribution is 2.19. The Labute approximate surface area is 82.0 Å². The molecule has 14 heavy (non-hydrogen) atoms. The molecule has 0 amide bonds. The number of H-pyrrole nitrogens is 1. The summed E-state index contributed by atoms with van der Waals surface area (Å²) in [6.45, 7) is 6.25. The van der Waals surface area contributed by atoms with Crippen LogP contribution < -0.4 is 5.32 Å². The first-order valence-corrected chi connectivity index (χ1v) is 4.48. The largest absolute Gasteiger partial charge is 0.365 e. The van der Waals surface area contributed by atoms with Crippen LogP contribution in [-0.4, -0.2) is 25.7 Å². The summed E-state index contributed by atoms with van der Waals surface area (Å²) < 4.78 is 0. The van der Waals surface area contributed by atoms with Crippen molar-refractivity contribution < 1.29 is 0 Å². The second kappa shape index (κ2) is 2.94. The Balaban J connectivity index is 2.46. The fraction of sp³-hybridized carbons (Fsp3) is 0.444. The van der Waals surface area contributed by atoms with E-state index in [1.807, 2.05) is 0 Å².